The maximum Gasteiger partial charge on any atom is 0.149 e. The zero-order valence-electron chi connectivity index (χ0n) is 18.5. The molecule has 2 heterocycles. The summed E-state index contributed by atoms with van der Waals surface area (Å²) in [5.41, 5.74) is 4.38. The minimum atomic E-state index is -0.208. The first-order chi connectivity index (χ1) is 15.7. The van der Waals surface area contributed by atoms with Gasteiger partial charge in [0.05, 0.1) is 48.2 Å². The van der Waals surface area contributed by atoms with Gasteiger partial charge >= 0.3 is 0 Å². The average Bonchev–Trinajstić information content (AvgIpc) is 2.83. The molecule has 2 aromatic heterocycles. The molecule has 3 rings (SSSR count). The number of ether oxygens (including phenoxy) is 2. The summed E-state index contributed by atoms with van der Waals surface area (Å²) >= 11 is 0. The molecule has 32 heavy (non-hydrogen) atoms. The molecule has 3 N–H and O–H groups in total. The molecule has 0 saturated heterocycles. The molecule has 8 heteroatoms. The summed E-state index contributed by atoms with van der Waals surface area (Å²) in [6.45, 7) is 2.74. The van der Waals surface area contributed by atoms with Crippen LogP contribution >= 0.6 is 0 Å². The normalized spacial score (nSPS) is 10.7. The molecule has 3 aromatic rings. The second kappa shape index (κ2) is 11.9. The molecule has 0 radical (unpaired) electrons. The number of aromatic nitrogens is 3. The predicted octanol–water partition coefficient (Wildman–Crippen LogP) is 4.14. The van der Waals surface area contributed by atoms with Gasteiger partial charge in [-0.3, -0.25) is 9.97 Å². The van der Waals surface area contributed by atoms with Gasteiger partial charge in [-0.1, -0.05) is 19.4 Å². The third-order valence-corrected chi connectivity index (χ3v) is 4.83. The molecule has 0 aliphatic rings. The molecule has 0 fully saturated rings. The minimum absolute atomic E-state index is 0.208. The monoisotopic (exact) mass is 435 g/mol. The fourth-order valence-corrected chi connectivity index (χ4v) is 3.20. The number of aliphatic hydroxyl groups is 1. The molecule has 0 spiro atoms. The van der Waals surface area contributed by atoms with Crippen LogP contribution < -0.4 is 10.1 Å². The van der Waals surface area contributed by atoms with Crippen LogP contribution in [-0.2, 0) is 17.8 Å². The van der Waals surface area contributed by atoms with E-state index in [1.165, 1.54) is 12.4 Å². The van der Waals surface area contributed by atoms with Crippen LogP contribution in [0.1, 0.15) is 36.7 Å². The van der Waals surface area contributed by atoms with Crippen LogP contribution in [0.25, 0.3) is 11.3 Å². The van der Waals surface area contributed by atoms with Crippen molar-refractivity contribution in [1.29, 1.82) is 5.41 Å². The lowest BCUT2D eigenvalue weighted by Crippen LogP contribution is -2.08. The summed E-state index contributed by atoms with van der Waals surface area (Å²) in [5.74, 6) is 1.01. The van der Waals surface area contributed by atoms with Gasteiger partial charge in [-0.25, -0.2) is 4.98 Å². The van der Waals surface area contributed by atoms with Crippen molar-refractivity contribution < 1.29 is 14.6 Å². The second-order valence-corrected chi connectivity index (χ2v) is 7.22. The van der Waals surface area contributed by atoms with Crippen molar-refractivity contribution in [3.05, 3.63) is 59.7 Å². The number of rotatable bonds is 12. The lowest BCUT2D eigenvalue weighted by atomic mass is 10.0. The van der Waals surface area contributed by atoms with Crippen molar-refractivity contribution in [3.63, 3.8) is 0 Å². The van der Waals surface area contributed by atoms with E-state index in [1.807, 2.05) is 30.3 Å². The number of benzene rings is 1. The van der Waals surface area contributed by atoms with Crippen molar-refractivity contribution in [2.45, 2.75) is 32.8 Å². The molecular formula is C24H29N5O3. The Morgan fingerprint density at radius 1 is 1.12 bits per heavy atom. The maximum absolute atomic E-state index is 9.37. The van der Waals surface area contributed by atoms with Gasteiger partial charge in [0, 0.05) is 24.6 Å². The van der Waals surface area contributed by atoms with E-state index < -0.39 is 0 Å². The van der Waals surface area contributed by atoms with Crippen LogP contribution in [0.5, 0.6) is 5.75 Å². The number of nitrogens with one attached hydrogen (secondary N) is 2. The van der Waals surface area contributed by atoms with Crippen LogP contribution in [0, 0.1) is 5.41 Å². The number of aliphatic hydroxyl groups excluding tert-OH is 1. The number of hydrogen-bond acceptors (Lipinski definition) is 8. The molecule has 168 valence electrons. The third-order valence-electron chi connectivity index (χ3n) is 4.83. The van der Waals surface area contributed by atoms with Gasteiger partial charge < -0.3 is 25.3 Å². The first kappa shape index (κ1) is 23.3. The SMILES string of the molecule is CCCCc1cccc(-c2cc(Nc3cncc(CO)n3)c(C=N)c(OCCOC)c2)n1. The van der Waals surface area contributed by atoms with Gasteiger partial charge in [-0.05, 0) is 37.1 Å². The Bertz CT molecular complexity index is 1040. The predicted molar refractivity (Wildman–Crippen MR) is 125 cm³/mol. The standard InChI is InChI=1S/C24H29N5O3/c1-3-4-6-18-7-5-8-21(27-18)17-11-22(29-24-15-26-14-19(16-30)28-24)20(13-25)23(12-17)32-10-9-31-2/h5,7-8,11-15,25,30H,3-4,6,9-10,16H2,1-2H3,(H,28,29). The molecule has 1 aromatic carbocycles. The Morgan fingerprint density at radius 2 is 2.00 bits per heavy atom. The zero-order chi connectivity index (χ0) is 22.8. The van der Waals surface area contributed by atoms with Gasteiger partial charge in [0.2, 0.25) is 0 Å². The van der Waals surface area contributed by atoms with Crippen LogP contribution in [0.4, 0.5) is 11.5 Å². The number of hydrogen-bond donors (Lipinski definition) is 3. The number of pyridine rings is 1. The van der Waals surface area contributed by atoms with Crippen LogP contribution in [0.3, 0.4) is 0 Å². The summed E-state index contributed by atoms with van der Waals surface area (Å²) in [6.07, 6.45) is 7.43. The summed E-state index contributed by atoms with van der Waals surface area (Å²) < 4.78 is 11.0. The molecule has 0 aliphatic carbocycles. The van der Waals surface area contributed by atoms with Gasteiger partial charge in [0.25, 0.3) is 0 Å². The fourth-order valence-electron chi connectivity index (χ4n) is 3.20. The molecule has 0 bridgehead atoms. The summed E-state index contributed by atoms with van der Waals surface area (Å²) in [6, 6.07) is 9.82. The van der Waals surface area contributed by atoms with E-state index in [1.54, 1.807) is 13.3 Å². The topological polar surface area (TPSA) is 113 Å². The van der Waals surface area contributed by atoms with Crippen molar-refractivity contribution in [1.82, 2.24) is 15.0 Å². The molecule has 0 aliphatic heterocycles. The van der Waals surface area contributed by atoms with Crippen LogP contribution in [-0.4, -0.2) is 46.6 Å². The molecule has 8 nitrogen and oxygen atoms in total. The lowest BCUT2D eigenvalue weighted by molar-refractivity contribution is 0.146. The third kappa shape index (κ3) is 6.09. The molecule has 0 atom stereocenters. The van der Waals surface area contributed by atoms with E-state index in [0.29, 0.717) is 41.7 Å². The van der Waals surface area contributed by atoms with Crippen molar-refractivity contribution in [3.8, 4) is 17.0 Å². The van der Waals surface area contributed by atoms with Crippen molar-refractivity contribution in [2.24, 2.45) is 0 Å². The fraction of sp³-hybridized carbons (Fsp3) is 0.333. The molecular weight excluding hydrogens is 406 g/mol. The van der Waals surface area contributed by atoms with E-state index in [0.717, 1.165) is 36.2 Å². The van der Waals surface area contributed by atoms with Crippen LogP contribution in [0.2, 0.25) is 0 Å². The Balaban J connectivity index is 2.04. The first-order valence-corrected chi connectivity index (χ1v) is 10.6. The number of nitrogens with zero attached hydrogens (tertiary/aromatic N) is 3. The summed E-state index contributed by atoms with van der Waals surface area (Å²) in [5, 5.41) is 20.5. The van der Waals surface area contributed by atoms with E-state index in [2.05, 4.69) is 22.2 Å². The van der Waals surface area contributed by atoms with Gasteiger partial charge in [0.15, 0.2) is 0 Å². The van der Waals surface area contributed by atoms with E-state index in [9.17, 15) is 5.11 Å². The minimum Gasteiger partial charge on any atom is -0.490 e. The van der Waals surface area contributed by atoms with Crippen molar-refractivity contribution >= 4 is 17.7 Å². The van der Waals surface area contributed by atoms with E-state index in [-0.39, 0.29) is 6.61 Å². The Morgan fingerprint density at radius 3 is 2.75 bits per heavy atom. The largest absolute Gasteiger partial charge is 0.490 e. The number of unbranched alkanes of at least 4 members (excludes halogenated alkanes) is 1. The highest BCUT2D eigenvalue weighted by atomic mass is 16.5. The number of anilines is 2. The summed E-state index contributed by atoms with van der Waals surface area (Å²) in [7, 11) is 1.61. The first-order valence-electron chi connectivity index (χ1n) is 10.6. The highest BCUT2D eigenvalue weighted by Gasteiger charge is 2.14. The summed E-state index contributed by atoms with van der Waals surface area (Å²) in [4.78, 5) is 13.3. The van der Waals surface area contributed by atoms with E-state index in [4.69, 9.17) is 19.9 Å². The van der Waals surface area contributed by atoms with Gasteiger partial charge in [-0.15, -0.1) is 0 Å². The smallest absolute Gasteiger partial charge is 0.149 e. The number of methoxy groups -OCH3 is 1. The Hall–Kier alpha value is -3.36. The van der Waals surface area contributed by atoms with E-state index >= 15 is 0 Å². The Labute approximate surface area is 188 Å². The Kier molecular flexibility index (Phi) is 8.65. The quantitative estimate of drug-likeness (QED) is 0.289. The van der Waals surface area contributed by atoms with Crippen LogP contribution in [0.15, 0.2) is 42.7 Å². The maximum atomic E-state index is 9.37. The van der Waals surface area contributed by atoms with Gasteiger partial charge in [0.1, 0.15) is 18.2 Å². The molecule has 0 amide bonds. The zero-order valence-corrected chi connectivity index (χ0v) is 18.5. The molecule has 0 saturated carbocycles. The van der Waals surface area contributed by atoms with Gasteiger partial charge in [-0.2, -0.15) is 0 Å². The average molecular weight is 436 g/mol. The number of aryl methyl sites for hydroxylation is 1. The highest BCUT2D eigenvalue weighted by molar-refractivity contribution is 5.93. The highest BCUT2D eigenvalue weighted by Crippen LogP contribution is 2.33. The second-order valence-electron chi connectivity index (χ2n) is 7.22. The molecule has 0 unspecified atom stereocenters. The van der Waals surface area contributed by atoms with Crippen molar-refractivity contribution in [2.75, 3.05) is 25.6 Å². The lowest BCUT2D eigenvalue weighted by Gasteiger charge is -2.16.